The van der Waals surface area contributed by atoms with Crippen LogP contribution in [0.1, 0.15) is 52.4 Å². The topological polar surface area (TPSA) is 55.1 Å². The van der Waals surface area contributed by atoms with Crippen molar-refractivity contribution in [3.8, 4) is 0 Å². The molecular weight excluding hydrogens is 232 g/mol. The van der Waals surface area contributed by atoms with Crippen LogP contribution in [0.3, 0.4) is 0 Å². The maximum absolute atomic E-state index is 11.5. The third-order valence-corrected chi connectivity index (χ3v) is 5.16. The fourth-order valence-corrected chi connectivity index (χ4v) is 3.61. The van der Waals surface area contributed by atoms with Gasteiger partial charge in [-0.15, -0.1) is 0 Å². The van der Waals surface area contributed by atoms with E-state index in [9.17, 15) is 4.79 Å². The van der Waals surface area contributed by atoms with E-state index in [2.05, 4.69) is 12.2 Å². The molecule has 3 nitrogen and oxygen atoms in total. The van der Waals surface area contributed by atoms with E-state index >= 15 is 0 Å². The Hall–Kier alpha value is -0.220. The van der Waals surface area contributed by atoms with Crippen LogP contribution in [0.4, 0.5) is 0 Å². The summed E-state index contributed by atoms with van der Waals surface area (Å²) in [5, 5.41) is 4.02. The number of carbonyl (C=O) groups excluding carboxylic acids is 1. The molecule has 0 aromatic carbocycles. The third-order valence-electron chi connectivity index (χ3n) is 3.47. The Morgan fingerprint density at radius 2 is 2.06 bits per heavy atom. The summed E-state index contributed by atoms with van der Waals surface area (Å²) in [6.45, 7) is 4.88. The van der Waals surface area contributed by atoms with Crippen LogP contribution in [0.15, 0.2) is 0 Å². The molecule has 0 radical (unpaired) electrons. The molecule has 0 spiro atoms. The monoisotopic (exact) mass is 258 g/mol. The second-order valence-corrected chi connectivity index (χ2v) is 6.48. The van der Waals surface area contributed by atoms with Crippen molar-refractivity contribution in [1.29, 1.82) is 0 Å². The van der Waals surface area contributed by atoms with Crippen LogP contribution < -0.4 is 11.1 Å². The zero-order chi connectivity index (χ0) is 12.7. The van der Waals surface area contributed by atoms with Gasteiger partial charge in [0.1, 0.15) is 5.54 Å². The van der Waals surface area contributed by atoms with E-state index in [4.69, 9.17) is 5.73 Å². The van der Waals surface area contributed by atoms with E-state index in [-0.39, 0.29) is 5.91 Å². The summed E-state index contributed by atoms with van der Waals surface area (Å²) < 4.78 is 0. The lowest BCUT2D eigenvalue weighted by Gasteiger charge is -2.30. The Morgan fingerprint density at radius 3 is 2.59 bits per heavy atom. The zero-order valence-corrected chi connectivity index (χ0v) is 11.9. The molecule has 1 atom stereocenters. The predicted molar refractivity (Wildman–Crippen MR) is 75.2 cm³/mol. The summed E-state index contributed by atoms with van der Waals surface area (Å²) in [6.07, 6.45) is 7.68. The molecule has 1 aliphatic rings. The molecule has 1 unspecified atom stereocenters. The molecule has 1 amide bonds. The number of carbonyl (C=O) groups is 1. The van der Waals surface area contributed by atoms with Crippen molar-refractivity contribution in [2.24, 2.45) is 5.73 Å². The van der Waals surface area contributed by atoms with Crippen LogP contribution in [0, 0.1) is 0 Å². The van der Waals surface area contributed by atoms with Gasteiger partial charge in [-0.25, -0.2) is 0 Å². The summed E-state index contributed by atoms with van der Waals surface area (Å²) in [7, 11) is 0. The maximum Gasteiger partial charge on any atom is 0.238 e. The Labute approximate surface area is 109 Å². The SMILES string of the molecule is CCCNC(C)(CSC1CCCCC1)C(N)=O. The number of hydrogen-bond acceptors (Lipinski definition) is 3. The average Bonchev–Trinajstić information content (AvgIpc) is 2.35. The summed E-state index contributed by atoms with van der Waals surface area (Å²) in [6, 6.07) is 0. The van der Waals surface area contributed by atoms with Gasteiger partial charge in [-0.3, -0.25) is 4.79 Å². The Kier molecular flexibility index (Phi) is 6.34. The molecule has 100 valence electrons. The molecule has 0 saturated heterocycles. The fraction of sp³-hybridized carbons (Fsp3) is 0.923. The molecular formula is C13H26N2OS. The number of primary amides is 1. The first-order valence-corrected chi connectivity index (χ1v) is 7.80. The van der Waals surface area contributed by atoms with Crippen molar-refractivity contribution in [3.05, 3.63) is 0 Å². The van der Waals surface area contributed by atoms with Gasteiger partial charge >= 0.3 is 0 Å². The van der Waals surface area contributed by atoms with Gasteiger partial charge in [0.15, 0.2) is 0 Å². The van der Waals surface area contributed by atoms with Gasteiger partial charge in [-0.05, 0) is 32.7 Å². The second kappa shape index (κ2) is 7.27. The van der Waals surface area contributed by atoms with Gasteiger partial charge in [-0.1, -0.05) is 26.2 Å². The minimum Gasteiger partial charge on any atom is -0.368 e. The van der Waals surface area contributed by atoms with Crippen molar-refractivity contribution >= 4 is 17.7 Å². The lowest BCUT2D eigenvalue weighted by molar-refractivity contribution is -0.122. The smallest absolute Gasteiger partial charge is 0.238 e. The number of amides is 1. The van der Waals surface area contributed by atoms with Gasteiger partial charge in [0.25, 0.3) is 0 Å². The Balaban J connectivity index is 2.39. The van der Waals surface area contributed by atoms with E-state index in [0.717, 1.165) is 24.0 Å². The predicted octanol–water partition coefficient (Wildman–Crippen LogP) is 2.30. The Bertz CT molecular complexity index is 242. The molecule has 17 heavy (non-hydrogen) atoms. The van der Waals surface area contributed by atoms with Crippen LogP contribution in [0.2, 0.25) is 0 Å². The summed E-state index contributed by atoms with van der Waals surface area (Å²) >= 11 is 1.92. The van der Waals surface area contributed by atoms with Crippen molar-refractivity contribution < 1.29 is 4.79 Å². The summed E-state index contributed by atoms with van der Waals surface area (Å²) in [5.41, 5.74) is 4.97. The molecule has 0 heterocycles. The first kappa shape index (κ1) is 14.8. The molecule has 0 aliphatic heterocycles. The first-order valence-electron chi connectivity index (χ1n) is 6.75. The maximum atomic E-state index is 11.5. The van der Waals surface area contributed by atoms with Gasteiger partial charge < -0.3 is 11.1 Å². The lowest BCUT2D eigenvalue weighted by atomic mass is 10.0. The van der Waals surface area contributed by atoms with Gasteiger partial charge in [-0.2, -0.15) is 11.8 Å². The van der Waals surface area contributed by atoms with Gasteiger partial charge in [0.2, 0.25) is 5.91 Å². The number of nitrogens with two attached hydrogens (primary N) is 1. The number of rotatable bonds is 7. The fourth-order valence-electron chi connectivity index (χ4n) is 2.13. The second-order valence-electron chi connectivity index (χ2n) is 5.19. The van der Waals surface area contributed by atoms with Crippen LogP contribution in [-0.2, 0) is 4.79 Å². The molecule has 1 rings (SSSR count). The minimum absolute atomic E-state index is 0.228. The van der Waals surface area contributed by atoms with Crippen LogP contribution in [-0.4, -0.2) is 29.0 Å². The van der Waals surface area contributed by atoms with E-state index in [1.807, 2.05) is 18.7 Å². The molecule has 4 heteroatoms. The van der Waals surface area contributed by atoms with E-state index in [0.29, 0.717) is 0 Å². The molecule has 3 N–H and O–H groups in total. The molecule has 1 aliphatic carbocycles. The normalized spacial score (nSPS) is 21.1. The van der Waals surface area contributed by atoms with Crippen LogP contribution in [0.5, 0.6) is 0 Å². The van der Waals surface area contributed by atoms with Crippen molar-refractivity contribution in [3.63, 3.8) is 0 Å². The highest BCUT2D eigenvalue weighted by molar-refractivity contribution is 8.00. The van der Waals surface area contributed by atoms with E-state index in [1.165, 1.54) is 32.1 Å². The van der Waals surface area contributed by atoms with Crippen LogP contribution in [0.25, 0.3) is 0 Å². The van der Waals surface area contributed by atoms with Crippen molar-refractivity contribution in [2.75, 3.05) is 12.3 Å². The average molecular weight is 258 g/mol. The van der Waals surface area contributed by atoms with Gasteiger partial charge in [0, 0.05) is 11.0 Å². The van der Waals surface area contributed by atoms with Crippen molar-refractivity contribution in [2.45, 2.75) is 63.2 Å². The number of hydrogen-bond donors (Lipinski definition) is 2. The lowest BCUT2D eigenvalue weighted by Crippen LogP contribution is -2.55. The Morgan fingerprint density at radius 1 is 1.41 bits per heavy atom. The number of nitrogens with one attached hydrogen (secondary N) is 1. The summed E-state index contributed by atoms with van der Waals surface area (Å²) in [4.78, 5) is 11.5. The number of thioether (sulfide) groups is 1. The highest BCUT2D eigenvalue weighted by atomic mass is 32.2. The highest BCUT2D eigenvalue weighted by Crippen LogP contribution is 2.30. The van der Waals surface area contributed by atoms with E-state index < -0.39 is 5.54 Å². The molecule has 0 aromatic heterocycles. The third kappa shape index (κ3) is 4.88. The standard InChI is InChI=1S/C13H26N2OS/c1-3-9-15-13(2,12(14)16)10-17-11-7-5-4-6-8-11/h11,15H,3-10H2,1-2H3,(H2,14,16). The largest absolute Gasteiger partial charge is 0.368 e. The van der Waals surface area contributed by atoms with Gasteiger partial charge in [0.05, 0.1) is 0 Å². The molecule has 1 saturated carbocycles. The minimum atomic E-state index is -0.544. The highest BCUT2D eigenvalue weighted by Gasteiger charge is 2.31. The molecule has 0 bridgehead atoms. The molecule has 1 fully saturated rings. The first-order chi connectivity index (χ1) is 8.08. The summed E-state index contributed by atoms with van der Waals surface area (Å²) in [5.74, 6) is 0.571. The quantitative estimate of drug-likeness (QED) is 0.736. The zero-order valence-electron chi connectivity index (χ0n) is 11.1. The van der Waals surface area contributed by atoms with Crippen LogP contribution >= 0.6 is 11.8 Å². The molecule has 0 aromatic rings. The van der Waals surface area contributed by atoms with Crippen molar-refractivity contribution in [1.82, 2.24) is 5.32 Å². The van der Waals surface area contributed by atoms with E-state index in [1.54, 1.807) is 0 Å².